The molecule has 2 aromatic carbocycles. The van der Waals surface area contributed by atoms with Crippen LogP contribution in [0.2, 0.25) is 0 Å². The van der Waals surface area contributed by atoms with Gasteiger partial charge in [-0.05, 0) is 49.4 Å². The van der Waals surface area contributed by atoms with Crippen LogP contribution in [-0.2, 0) is 0 Å². The topological polar surface area (TPSA) is 63.2 Å². The van der Waals surface area contributed by atoms with E-state index in [4.69, 9.17) is 4.74 Å². The first-order valence-corrected chi connectivity index (χ1v) is 8.32. The minimum Gasteiger partial charge on any atom is -0.497 e. The van der Waals surface area contributed by atoms with Crippen molar-refractivity contribution in [3.63, 3.8) is 0 Å². The summed E-state index contributed by atoms with van der Waals surface area (Å²) in [5, 5.41) is 6.37. The summed E-state index contributed by atoms with van der Waals surface area (Å²) in [6, 6.07) is 13.1. The fourth-order valence-corrected chi connectivity index (χ4v) is 3.09. The lowest BCUT2D eigenvalue weighted by molar-refractivity contribution is 0.103. The molecule has 0 fully saturated rings. The number of nitrogens with one attached hydrogen (secondary N) is 2. The molecule has 0 atom stereocenters. The van der Waals surface area contributed by atoms with Gasteiger partial charge in [0.25, 0.3) is 5.91 Å². The molecule has 0 spiro atoms. The Labute approximate surface area is 148 Å². The Hall–Kier alpha value is -2.93. The molecule has 0 bridgehead atoms. The smallest absolute Gasteiger partial charge is 0.267 e. The molecule has 1 aromatic heterocycles. The second-order valence-electron chi connectivity index (χ2n) is 5.25. The Morgan fingerprint density at radius 3 is 2.60 bits per heavy atom. The van der Waals surface area contributed by atoms with Gasteiger partial charge in [-0.1, -0.05) is 17.4 Å². The Balaban J connectivity index is 1.73. The van der Waals surface area contributed by atoms with E-state index in [0.29, 0.717) is 32.8 Å². The number of aryl methyl sites for hydroxylation is 1. The standard InChI is InChI=1S/C18H16FN3O2S/c1-11-16(17(23)21-13-6-8-15(24-2)9-7-13)25-18(20-11)22-14-5-3-4-12(19)10-14/h3-10H,1-2H3,(H,20,22)(H,21,23). The number of anilines is 3. The van der Waals surface area contributed by atoms with Gasteiger partial charge in [0, 0.05) is 11.4 Å². The number of methoxy groups -OCH3 is 1. The Morgan fingerprint density at radius 2 is 1.92 bits per heavy atom. The van der Waals surface area contributed by atoms with Crippen molar-refractivity contribution in [1.29, 1.82) is 0 Å². The van der Waals surface area contributed by atoms with Gasteiger partial charge in [0.2, 0.25) is 0 Å². The van der Waals surface area contributed by atoms with Crippen molar-refractivity contribution < 1.29 is 13.9 Å². The number of ether oxygens (including phenoxy) is 1. The SMILES string of the molecule is COc1ccc(NC(=O)c2sc(Nc3cccc(F)c3)nc2C)cc1. The van der Waals surface area contributed by atoms with Crippen LogP contribution in [0.4, 0.5) is 20.9 Å². The number of hydrogen-bond donors (Lipinski definition) is 2. The molecule has 0 saturated heterocycles. The molecule has 0 aliphatic carbocycles. The first-order chi connectivity index (χ1) is 12.0. The molecule has 3 aromatic rings. The lowest BCUT2D eigenvalue weighted by Crippen LogP contribution is -2.11. The molecule has 7 heteroatoms. The number of rotatable bonds is 5. The minimum atomic E-state index is -0.337. The van der Waals surface area contributed by atoms with Crippen molar-refractivity contribution >= 4 is 33.8 Å². The second-order valence-corrected chi connectivity index (χ2v) is 6.25. The number of hydrogen-bond acceptors (Lipinski definition) is 5. The first kappa shape index (κ1) is 16.9. The lowest BCUT2D eigenvalue weighted by atomic mass is 10.3. The van der Waals surface area contributed by atoms with E-state index in [9.17, 15) is 9.18 Å². The van der Waals surface area contributed by atoms with Crippen molar-refractivity contribution in [3.05, 3.63) is 64.9 Å². The molecule has 0 saturated carbocycles. The summed E-state index contributed by atoms with van der Waals surface area (Å²) >= 11 is 1.21. The van der Waals surface area contributed by atoms with E-state index in [0.717, 1.165) is 0 Å². The second kappa shape index (κ2) is 7.31. The normalized spacial score (nSPS) is 10.4. The molecular weight excluding hydrogens is 341 g/mol. The molecule has 128 valence electrons. The highest BCUT2D eigenvalue weighted by atomic mass is 32.1. The number of halogens is 1. The number of nitrogens with zero attached hydrogens (tertiary/aromatic N) is 1. The molecule has 3 rings (SSSR count). The van der Waals surface area contributed by atoms with Gasteiger partial charge in [0.05, 0.1) is 12.8 Å². The summed E-state index contributed by atoms with van der Waals surface area (Å²) in [5.41, 5.74) is 1.85. The number of aromatic nitrogens is 1. The zero-order valence-corrected chi connectivity index (χ0v) is 14.5. The maximum absolute atomic E-state index is 13.2. The average Bonchev–Trinajstić information content (AvgIpc) is 2.96. The molecule has 0 radical (unpaired) electrons. The third kappa shape index (κ3) is 4.13. The average molecular weight is 357 g/mol. The molecule has 2 N–H and O–H groups in total. The third-order valence-electron chi connectivity index (χ3n) is 3.43. The van der Waals surface area contributed by atoms with Crippen LogP contribution in [0.15, 0.2) is 48.5 Å². The van der Waals surface area contributed by atoms with Crippen molar-refractivity contribution in [2.75, 3.05) is 17.7 Å². The molecule has 1 heterocycles. The van der Waals surface area contributed by atoms with Crippen molar-refractivity contribution in [1.82, 2.24) is 4.98 Å². The summed E-state index contributed by atoms with van der Waals surface area (Å²) in [7, 11) is 1.58. The van der Waals surface area contributed by atoms with E-state index >= 15 is 0 Å². The number of carbonyl (C=O) groups excluding carboxylic acids is 1. The van der Waals surface area contributed by atoms with Crippen LogP contribution >= 0.6 is 11.3 Å². The Bertz CT molecular complexity index is 894. The number of thiazole rings is 1. The fourth-order valence-electron chi connectivity index (χ4n) is 2.21. The van der Waals surface area contributed by atoms with Crippen molar-refractivity contribution in [3.8, 4) is 5.75 Å². The zero-order chi connectivity index (χ0) is 17.8. The molecule has 0 unspecified atom stereocenters. The minimum absolute atomic E-state index is 0.243. The monoisotopic (exact) mass is 357 g/mol. The predicted octanol–water partition coefficient (Wildman–Crippen LogP) is 4.60. The van der Waals surface area contributed by atoms with Crippen LogP contribution in [-0.4, -0.2) is 18.0 Å². The maximum Gasteiger partial charge on any atom is 0.267 e. The van der Waals surface area contributed by atoms with Crippen LogP contribution in [0.3, 0.4) is 0 Å². The van der Waals surface area contributed by atoms with Gasteiger partial charge in [-0.15, -0.1) is 0 Å². The van der Waals surface area contributed by atoms with Gasteiger partial charge in [-0.25, -0.2) is 9.37 Å². The maximum atomic E-state index is 13.2. The molecule has 0 aliphatic rings. The molecule has 1 amide bonds. The van der Waals surface area contributed by atoms with Crippen LogP contribution in [0, 0.1) is 12.7 Å². The van der Waals surface area contributed by atoms with Gasteiger partial charge < -0.3 is 15.4 Å². The van der Waals surface area contributed by atoms with E-state index < -0.39 is 0 Å². The van der Waals surface area contributed by atoms with E-state index in [1.165, 1.54) is 23.5 Å². The number of benzene rings is 2. The summed E-state index contributed by atoms with van der Waals surface area (Å²) in [6.07, 6.45) is 0. The fraction of sp³-hybridized carbons (Fsp3) is 0.111. The highest BCUT2D eigenvalue weighted by Gasteiger charge is 2.16. The quantitative estimate of drug-likeness (QED) is 0.701. The summed E-state index contributed by atoms with van der Waals surface area (Å²) in [6.45, 7) is 1.76. The Kier molecular flexibility index (Phi) is 4.95. The summed E-state index contributed by atoms with van der Waals surface area (Å²) in [4.78, 5) is 17.3. The molecular formula is C18H16FN3O2S. The molecule has 0 aliphatic heterocycles. The van der Waals surface area contributed by atoms with Crippen LogP contribution in [0.5, 0.6) is 5.75 Å². The highest BCUT2D eigenvalue weighted by Crippen LogP contribution is 2.27. The summed E-state index contributed by atoms with van der Waals surface area (Å²) < 4.78 is 18.3. The largest absolute Gasteiger partial charge is 0.497 e. The molecule has 25 heavy (non-hydrogen) atoms. The number of carbonyl (C=O) groups is 1. The number of amides is 1. The van der Waals surface area contributed by atoms with Crippen LogP contribution < -0.4 is 15.4 Å². The lowest BCUT2D eigenvalue weighted by Gasteiger charge is -2.05. The highest BCUT2D eigenvalue weighted by molar-refractivity contribution is 7.17. The van der Waals surface area contributed by atoms with Crippen molar-refractivity contribution in [2.45, 2.75) is 6.92 Å². The van der Waals surface area contributed by atoms with Gasteiger partial charge >= 0.3 is 0 Å². The Morgan fingerprint density at radius 1 is 1.16 bits per heavy atom. The van der Waals surface area contributed by atoms with E-state index in [1.54, 1.807) is 50.4 Å². The molecule has 5 nitrogen and oxygen atoms in total. The van der Waals surface area contributed by atoms with Gasteiger partial charge in [-0.2, -0.15) is 0 Å². The zero-order valence-electron chi connectivity index (χ0n) is 13.7. The van der Waals surface area contributed by atoms with Gasteiger partial charge in [0.1, 0.15) is 16.4 Å². The van der Waals surface area contributed by atoms with E-state index in [2.05, 4.69) is 15.6 Å². The van der Waals surface area contributed by atoms with Gasteiger partial charge in [0.15, 0.2) is 5.13 Å². The predicted molar refractivity (Wildman–Crippen MR) is 97.5 cm³/mol. The first-order valence-electron chi connectivity index (χ1n) is 7.50. The summed E-state index contributed by atoms with van der Waals surface area (Å²) in [5.74, 6) is 0.136. The van der Waals surface area contributed by atoms with Crippen LogP contribution in [0.1, 0.15) is 15.4 Å². The van der Waals surface area contributed by atoms with E-state index in [1.807, 2.05) is 0 Å². The van der Waals surface area contributed by atoms with E-state index in [-0.39, 0.29) is 11.7 Å². The van der Waals surface area contributed by atoms with Gasteiger partial charge in [-0.3, -0.25) is 4.79 Å². The van der Waals surface area contributed by atoms with Crippen LogP contribution in [0.25, 0.3) is 0 Å². The van der Waals surface area contributed by atoms with Crippen molar-refractivity contribution in [2.24, 2.45) is 0 Å². The third-order valence-corrected chi connectivity index (χ3v) is 4.50.